The number of carboxylic acid groups (broad SMARTS) is 1. The minimum Gasteiger partial charge on any atom is -0.479 e. The molecule has 1 aliphatic rings. The number of benzene rings is 1. The lowest BCUT2D eigenvalue weighted by molar-refractivity contribution is -0.161. The number of amides is 2. The molecule has 0 aromatic heterocycles. The first-order valence-corrected chi connectivity index (χ1v) is 12.6. The zero-order valence-electron chi connectivity index (χ0n) is 22.5. The van der Waals surface area contributed by atoms with Crippen molar-refractivity contribution in [2.24, 2.45) is 16.9 Å². The number of rotatable bonds is 10. The van der Waals surface area contributed by atoms with Crippen LogP contribution < -0.4 is 5.43 Å². The van der Waals surface area contributed by atoms with E-state index in [1.807, 2.05) is 0 Å². The lowest BCUT2D eigenvalue weighted by Gasteiger charge is -2.35. The SMILES string of the molecule is CC(CC(=O)c1ccc(C=NNC(=O)OC(C)(C)C)cc1)C(=O)N1CCC(OC(C(=O)O)C(C)C)CC1. The van der Waals surface area contributed by atoms with Gasteiger partial charge in [-0.2, -0.15) is 5.10 Å². The van der Waals surface area contributed by atoms with E-state index in [0.29, 0.717) is 37.1 Å². The highest BCUT2D eigenvalue weighted by Gasteiger charge is 2.31. The smallest absolute Gasteiger partial charge is 0.428 e. The maximum absolute atomic E-state index is 12.9. The van der Waals surface area contributed by atoms with E-state index in [0.717, 1.165) is 0 Å². The second kappa shape index (κ2) is 13.3. The van der Waals surface area contributed by atoms with Crippen LogP contribution in [0.15, 0.2) is 29.4 Å². The predicted molar refractivity (Wildman–Crippen MR) is 138 cm³/mol. The Morgan fingerprint density at radius 2 is 1.70 bits per heavy atom. The topological polar surface area (TPSA) is 135 Å². The van der Waals surface area contributed by atoms with Crippen LogP contribution in [-0.2, 0) is 19.1 Å². The number of ether oxygens (including phenoxy) is 2. The maximum atomic E-state index is 12.9. The quantitative estimate of drug-likeness (QED) is 0.273. The van der Waals surface area contributed by atoms with Crippen molar-refractivity contribution in [2.45, 2.75) is 78.6 Å². The number of carbonyl (C=O) groups is 4. The van der Waals surface area contributed by atoms with E-state index in [1.165, 1.54) is 6.21 Å². The van der Waals surface area contributed by atoms with E-state index in [2.05, 4.69) is 10.5 Å². The number of likely N-dealkylation sites (tertiary alicyclic amines) is 1. The first kappa shape index (κ1) is 30.0. The fourth-order valence-corrected chi connectivity index (χ4v) is 3.93. The largest absolute Gasteiger partial charge is 0.479 e. The summed E-state index contributed by atoms with van der Waals surface area (Å²) in [6, 6.07) is 6.72. The highest BCUT2D eigenvalue weighted by Crippen LogP contribution is 2.21. The molecule has 1 fully saturated rings. The summed E-state index contributed by atoms with van der Waals surface area (Å²) in [5.74, 6) is -1.83. The Hall–Kier alpha value is -3.27. The molecule has 2 unspecified atom stereocenters. The number of ketones is 1. The molecule has 2 atom stereocenters. The van der Waals surface area contributed by atoms with Gasteiger partial charge in [-0.25, -0.2) is 15.0 Å². The number of piperidine rings is 1. The van der Waals surface area contributed by atoms with Gasteiger partial charge in [0.05, 0.1) is 12.3 Å². The number of carboxylic acids is 1. The van der Waals surface area contributed by atoms with E-state index in [9.17, 15) is 24.3 Å². The van der Waals surface area contributed by atoms with Crippen LogP contribution in [0.3, 0.4) is 0 Å². The standard InChI is InChI=1S/C27H39N3O7/c1-17(2)23(25(33)34)36-21-11-13-30(14-12-21)24(32)18(3)15-22(31)20-9-7-19(8-10-20)16-28-29-26(35)37-27(4,5)6/h7-10,16-18,21,23H,11-15H2,1-6H3,(H,29,35)(H,33,34). The molecule has 0 saturated carbocycles. The van der Waals surface area contributed by atoms with Crippen molar-refractivity contribution in [1.82, 2.24) is 10.3 Å². The van der Waals surface area contributed by atoms with Crippen LogP contribution in [0.2, 0.25) is 0 Å². The van der Waals surface area contributed by atoms with Gasteiger partial charge in [0.1, 0.15) is 5.60 Å². The predicted octanol–water partition coefficient (Wildman–Crippen LogP) is 3.87. The third-order valence-corrected chi connectivity index (χ3v) is 5.86. The summed E-state index contributed by atoms with van der Waals surface area (Å²) >= 11 is 0. The molecule has 204 valence electrons. The van der Waals surface area contributed by atoms with Crippen molar-refractivity contribution in [1.29, 1.82) is 0 Å². The van der Waals surface area contributed by atoms with Crippen LogP contribution in [0.1, 0.15) is 76.7 Å². The molecule has 2 N–H and O–H groups in total. The fraction of sp³-hybridized carbons (Fsp3) is 0.593. The molecule has 1 aromatic carbocycles. The first-order chi connectivity index (χ1) is 17.3. The number of carbonyl (C=O) groups excluding carboxylic acids is 3. The molecule has 2 rings (SSSR count). The van der Waals surface area contributed by atoms with Crippen LogP contribution >= 0.6 is 0 Å². The summed E-state index contributed by atoms with van der Waals surface area (Å²) in [5.41, 5.74) is 2.83. The van der Waals surface area contributed by atoms with Crippen LogP contribution in [0.5, 0.6) is 0 Å². The van der Waals surface area contributed by atoms with Crippen LogP contribution in [0.25, 0.3) is 0 Å². The summed E-state index contributed by atoms with van der Waals surface area (Å²) in [6.45, 7) is 11.6. The lowest BCUT2D eigenvalue weighted by atomic mass is 9.96. The van der Waals surface area contributed by atoms with Crippen LogP contribution in [0, 0.1) is 11.8 Å². The number of nitrogens with zero attached hydrogens (tertiary/aromatic N) is 2. The van der Waals surface area contributed by atoms with E-state index >= 15 is 0 Å². The van der Waals surface area contributed by atoms with Gasteiger partial charge >= 0.3 is 12.1 Å². The second-order valence-electron chi connectivity index (χ2n) is 10.7. The Bertz CT molecular complexity index is 975. The molecule has 0 bridgehead atoms. The Morgan fingerprint density at radius 1 is 1.11 bits per heavy atom. The number of nitrogens with one attached hydrogen (secondary N) is 1. The number of hydrazone groups is 1. The summed E-state index contributed by atoms with van der Waals surface area (Å²) in [7, 11) is 0. The van der Waals surface area contributed by atoms with Gasteiger partial charge in [-0.3, -0.25) is 9.59 Å². The highest BCUT2D eigenvalue weighted by atomic mass is 16.6. The first-order valence-electron chi connectivity index (χ1n) is 12.6. The molecular formula is C27H39N3O7. The Morgan fingerprint density at radius 3 is 2.22 bits per heavy atom. The van der Waals surface area contributed by atoms with Crippen molar-refractivity contribution in [3.8, 4) is 0 Å². The highest BCUT2D eigenvalue weighted by molar-refractivity contribution is 5.99. The van der Waals surface area contributed by atoms with Crippen LogP contribution in [0.4, 0.5) is 4.79 Å². The van der Waals surface area contributed by atoms with Crippen molar-refractivity contribution in [2.75, 3.05) is 13.1 Å². The van der Waals surface area contributed by atoms with Gasteiger partial charge in [0.2, 0.25) is 5.91 Å². The third-order valence-electron chi connectivity index (χ3n) is 5.86. The van der Waals surface area contributed by atoms with Gasteiger partial charge in [0.15, 0.2) is 11.9 Å². The molecule has 0 spiro atoms. The average molecular weight is 518 g/mol. The third kappa shape index (κ3) is 9.95. The molecule has 37 heavy (non-hydrogen) atoms. The summed E-state index contributed by atoms with van der Waals surface area (Å²) in [5, 5.41) is 13.2. The molecule has 10 heteroatoms. The van der Waals surface area contributed by atoms with Crippen molar-refractivity contribution < 1.29 is 33.8 Å². The van der Waals surface area contributed by atoms with Gasteiger partial charge in [-0.05, 0) is 45.1 Å². The molecular weight excluding hydrogens is 478 g/mol. The normalized spacial score (nSPS) is 16.5. The Labute approximate surface area is 218 Å². The number of hydrogen-bond acceptors (Lipinski definition) is 7. The second-order valence-corrected chi connectivity index (χ2v) is 10.7. The summed E-state index contributed by atoms with van der Waals surface area (Å²) in [4.78, 5) is 50.4. The van der Waals surface area contributed by atoms with E-state index < -0.39 is 29.7 Å². The summed E-state index contributed by atoms with van der Waals surface area (Å²) in [6.07, 6.45) is 0.928. The number of Topliss-reactive ketones (excluding diaryl/α,β-unsaturated/α-hetero) is 1. The van der Waals surface area contributed by atoms with Gasteiger partial charge in [0.25, 0.3) is 0 Å². The Balaban J connectivity index is 1.82. The molecule has 2 amide bonds. The molecule has 1 aliphatic heterocycles. The molecule has 10 nitrogen and oxygen atoms in total. The minimum atomic E-state index is -0.974. The van der Waals surface area contributed by atoms with Crippen molar-refractivity contribution in [3.63, 3.8) is 0 Å². The average Bonchev–Trinajstić information content (AvgIpc) is 2.81. The number of hydrogen-bond donors (Lipinski definition) is 2. The van der Waals surface area contributed by atoms with Gasteiger partial charge in [-0.15, -0.1) is 0 Å². The molecule has 0 aliphatic carbocycles. The number of aliphatic carboxylic acids is 1. The van der Waals surface area contributed by atoms with E-state index in [-0.39, 0.29) is 30.1 Å². The molecule has 1 saturated heterocycles. The summed E-state index contributed by atoms with van der Waals surface area (Å²) < 4.78 is 10.9. The van der Waals surface area contributed by atoms with E-state index in [4.69, 9.17) is 9.47 Å². The lowest BCUT2D eigenvalue weighted by Crippen LogP contribution is -2.45. The van der Waals surface area contributed by atoms with Crippen molar-refractivity contribution in [3.05, 3.63) is 35.4 Å². The van der Waals surface area contributed by atoms with Gasteiger partial charge < -0.3 is 19.5 Å². The molecule has 0 radical (unpaired) electrons. The zero-order chi connectivity index (χ0) is 27.8. The fourth-order valence-electron chi connectivity index (χ4n) is 3.93. The zero-order valence-corrected chi connectivity index (χ0v) is 22.5. The maximum Gasteiger partial charge on any atom is 0.428 e. The van der Waals surface area contributed by atoms with E-state index in [1.54, 1.807) is 70.7 Å². The Kier molecular flexibility index (Phi) is 10.8. The van der Waals surface area contributed by atoms with Crippen molar-refractivity contribution >= 4 is 30.0 Å². The van der Waals surface area contributed by atoms with Gasteiger partial charge in [0, 0.05) is 31.0 Å². The van der Waals surface area contributed by atoms with Gasteiger partial charge in [-0.1, -0.05) is 45.0 Å². The molecule has 1 aromatic rings. The molecule has 1 heterocycles. The van der Waals surface area contributed by atoms with Crippen LogP contribution in [-0.4, -0.2) is 70.9 Å². The monoisotopic (exact) mass is 517 g/mol. The minimum absolute atomic E-state index is 0.0807.